The molecule has 0 amide bonds. The van der Waals surface area contributed by atoms with E-state index in [1.165, 1.54) is 19.2 Å². The van der Waals surface area contributed by atoms with Crippen LogP contribution in [0, 0.1) is 6.92 Å². The fraction of sp³-hybridized carbons (Fsp3) is 0.375. The minimum Gasteiger partial charge on any atom is -0.281 e. The second-order valence-corrected chi connectivity index (χ2v) is 5.90. The molecule has 0 aliphatic heterocycles. The number of pyridine rings is 1. The average molecular weight is 333 g/mol. The van der Waals surface area contributed by atoms with Gasteiger partial charge in [-0.25, -0.2) is 8.42 Å². The second-order valence-electron chi connectivity index (χ2n) is 3.26. The summed E-state index contributed by atoms with van der Waals surface area (Å²) in [6, 6.07) is 1.34. The number of halogens is 4. The molecular weight excluding hydrogens is 325 g/mol. The Bertz CT molecular complexity index is 516. The van der Waals surface area contributed by atoms with E-state index in [9.17, 15) is 21.6 Å². The van der Waals surface area contributed by atoms with Crippen molar-refractivity contribution in [1.29, 1.82) is 0 Å². The van der Waals surface area contributed by atoms with E-state index >= 15 is 0 Å². The van der Waals surface area contributed by atoms with Gasteiger partial charge in [-0.3, -0.25) is 9.71 Å². The highest BCUT2D eigenvalue weighted by Gasteiger charge is 2.35. The third-order valence-corrected chi connectivity index (χ3v) is 3.34. The number of nitrogens with one attached hydrogen (secondary N) is 1. The lowest BCUT2D eigenvalue weighted by atomic mass is 10.3. The molecule has 0 spiro atoms. The van der Waals surface area contributed by atoms with Crippen molar-refractivity contribution in [1.82, 2.24) is 4.98 Å². The summed E-state index contributed by atoms with van der Waals surface area (Å²) >= 11 is 3.05. The lowest BCUT2D eigenvalue weighted by Crippen LogP contribution is -2.28. The molecule has 1 rings (SSSR count). The number of aryl methyl sites for hydroxylation is 1. The third kappa shape index (κ3) is 4.90. The number of hydrogen-bond donors (Lipinski definition) is 1. The minimum atomic E-state index is -4.78. The first-order valence-corrected chi connectivity index (χ1v) is 6.73. The molecule has 0 unspecified atom stereocenters. The summed E-state index contributed by atoms with van der Waals surface area (Å²) in [5.74, 6) is -1.92. The van der Waals surface area contributed by atoms with Crippen LogP contribution in [0.25, 0.3) is 0 Å². The quantitative estimate of drug-likeness (QED) is 0.924. The van der Waals surface area contributed by atoms with Crippen LogP contribution in [-0.2, 0) is 10.0 Å². The van der Waals surface area contributed by atoms with E-state index < -0.39 is 22.0 Å². The number of nitrogens with zero attached hydrogens (tertiary/aromatic N) is 1. The van der Waals surface area contributed by atoms with Crippen LogP contribution in [0.1, 0.15) is 5.69 Å². The molecule has 1 aromatic rings. The molecule has 0 bridgehead atoms. The van der Waals surface area contributed by atoms with Crippen LogP contribution >= 0.6 is 15.9 Å². The number of aromatic nitrogens is 1. The summed E-state index contributed by atoms with van der Waals surface area (Å²) in [5.41, 5.74) is 0.308. The Hall–Kier alpha value is -0.830. The SMILES string of the molecule is Cc1ncc(Br)cc1NS(=O)(=O)CC(F)(F)F. The smallest absolute Gasteiger partial charge is 0.281 e. The van der Waals surface area contributed by atoms with E-state index in [2.05, 4.69) is 20.9 Å². The molecule has 0 saturated carbocycles. The molecule has 0 aromatic carbocycles. The van der Waals surface area contributed by atoms with Gasteiger partial charge in [-0.05, 0) is 28.9 Å². The monoisotopic (exact) mass is 332 g/mol. The van der Waals surface area contributed by atoms with Crippen molar-refractivity contribution in [2.75, 3.05) is 10.5 Å². The first kappa shape index (κ1) is 14.2. The van der Waals surface area contributed by atoms with Gasteiger partial charge in [0.15, 0.2) is 5.75 Å². The molecule has 1 N–H and O–H groups in total. The van der Waals surface area contributed by atoms with Gasteiger partial charge >= 0.3 is 6.18 Å². The first-order chi connectivity index (χ1) is 7.59. The maximum absolute atomic E-state index is 12.0. The molecular formula is C8H8BrF3N2O2S. The van der Waals surface area contributed by atoms with Crippen LogP contribution in [0.4, 0.5) is 18.9 Å². The molecule has 4 nitrogen and oxygen atoms in total. The number of sulfonamides is 1. The Morgan fingerprint density at radius 3 is 2.59 bits per heavy atom. The predicted octanol–water partition coefficient (Wildman–Crippen LogP) is 2.46. The van der Waals surface area contributed by atoms with Gasteiger partial charge < -0.3 is 0 Å². The van der Waals surface area contributed by atoms with E-state index in [1.54, 1.807) is 0 Å². The summed E-state index contributed by atoms with van der Waals surface area (Å²) in [7, 11) is -4.47. The van der Waals surface area contributed by atoms with E-state index in [4.69, 9.17) is 0 Å². The summed E-state index contributed by atoms with van der Waals surface area (Å²) in [6.07, 6.45) is -3.37. The maximum atomic E-state index is 12.0. The molecule has 0 fully saturated rings. The molecule has 96 valence electrons. The molecule has 1 aromatic heterocycles. The molecule has 0 atom stereocenters. The lowest BCUT2D eigenvalue weighted by molar-refractivity contribution is -0.106. The average Bonchev–Trinajstić information content (AvgIpc) is 2.06. The lowest BCUT2D eigenvalue weighted by Gasteiger charge is -2.11. The largest absolute Gasteiger partial charge is 0.404 e. The number of rotatable bonds is 3. The van der Waals surface area contributed by atoms with E-state index in [0.29, 0.717) is 10.2 Å². The molecule has 0 aliphatic carbocycles. The summed E-state index contributed by atoms with van der Waals surface area (Å²) in [4.78, 5) is 3.80. The van der Waals surface area contributed by atoms with Crippen molar-refractivity contribution >= 4 is 31.6 Å². The third-order valence-electron chi connectivity index (χ3n) is 1.67. The van der Waals surface area contributed by atoms with Gasteiger partial charge in [-0.2, -0.15) is 13.2 Å². The Morgan fingerprint density at radius 2 is 2.06 bits per heavy atom. The predicted molar refractivity (Wildman–Crippen MR) is 60.1 cm³/mol. The molecule has 0 radical (unpaired) electrons. The van der Waals surface area contributed by atoms with Crippen molar-refractivity contribution in [2.45, 2.75) is 13.1 Å². The van der Waals surface area contributed by atoms with Crippen molar-refractivity contribution in [3.8, 4) is 0 Å². The van der Waals surface area contributed by atoms with Crippen LogP contribution in [0.2, 0.25) is 0 Å². The van der Waals surface area contributed by atoms with Crippen molar-refractivity contribution in [2.24, 2.45) is 0 Å². The Labute approximate surface area is 104 Å². The van der Waals surface area contributed by atoms with Gasteiger partial charge in [0.2, 0.25) is 10.0 Å². The van der Waals surface area contributed by atoms with Crippen LogP contribution in [-0.4, -0.2) is 25.3 Å². The van der Waals surface area contributed by atoms with Gasteiger partial charge in [0.25, 0.3) is 0 Å². The van der Waals surface area contributed by atoms with Crippen molar-refractivity contribution in [3.05, 3.63) is 22.4 Å². The zero-order chi connectivity index (χ0) is 13.3. The van der Waals surface area contributed by atoms with Gasteiger partial charge in [-0.15, -0.1) is 0 Å². The summed E-state index contributed by atoms with van der Waals surface area (Å²) < 4.78 is 60.7. The van der Waals surface area contributed by atoms with Crippen LogP contribution < -0.4 is 4.72 Å². The normalized spacial score (nSPS) is 12.5. The highest BCUT2D eigenvalue weighted by molar-refractivity contribution is 9.10. The maximum Gasteiger partial charge on any atom is 0.404 e. The van der Waals surface area contributed by atoms with E-state index in [1.807, 2.05) is 4.72 Å². The van der Waals surface area contributed by atoms with Crippen molar-refractivity contribution in [3.63, 3.8) is 0 Å². The van der Waals surface area contributed by atoms with Crippen LogP contribution in [0.3, 0.4) is 0 Å². The standard InChI is InChI=1S/C8H8BrF3N2O2S/c1-5-7(2-6(9)3-13-5)14-17(15,16)4-8(10,11)12/h2-3,14H,4H2,1H3. The fourth-order valence-electron chi connectivity index (χ4n) is 1.03. The van der Waals surface area contributed by atoms with Gasteiger partial charge in [0, 0.05) is 10.7 Å². The fourth-order valence-corrected chi connectivity index (χ4v) is 2.41. The molecule has 17 heavy (non-hydrogen) atoms. The molecule has 0 aliphatic rings. The molecule has 0 saturated heterocycles. The number of hydrogen-bond acceptors (Lipinski definition) is 3. The van der Waals surface area contributed by atoms with E-state index in [0.717, 1.165) is 0 Å². The molecule has 9 heteroatoms. The first-order valence-electron chi connectivity index (χ1n) is 4.28. The van der Waals surface area contributed by atoms with E-state index in [-0.39, 0.29) is 5.69 Å². The highest BCUT2D eigenvalue weighted by Crippen LogP contribution is 2.22. The Balaban J connectivity index is 2.94. The van der Waals surface area contributed by atoms with Gasteiger partial charge in [0.05, 0.1) is 11.4 Å². The van der Waals surface area contributed by atoms with Crippen molar-refractivity contribution < 1.29 is 21.6 Å². The zero-order valence-corrected chi connectivity index (χ0v) is 10.9. The Morgan fingerprint density at radius 1 is 1.47 bits per heavy atom. The van der Waals surface area contributed by atoms with Gasteiger partial charge in [0.1, 0.15) is 0 Å². The van der Waals surface area contributed by atoms with Crippen LogP contribution in [0.15, 0.2) is 16.7 Å². The van der Waals surface area contributed by atoms with Crippen LogP contribution in [0.5, 0.6) is 0 Å². The topological polar surface area (TPSA) is 59.1 Å². The molecule has 1 heterocycles. The Kier molecular flexibility index (Phi) is 4.03. The highest BCUT2D eigenvalue weighted by atomic mass is 79.9. The number of alkyl halides is 3. The second kappa shape index (κ2) is 4.81. The summed E-state index contributed by atoms with van der Waals surface area (Å²) in [6.45, 7) is 1.48. The summed E-state index contributed by atoms with van der Waals surface area (Å²) in [5, 5.41) is 0. The zero-order valence-electron chi connectivity index (χ0n) is 8.55. The minimum absolute atomic E-state index is 0.0172. The number of anilines is 1. The van der Waals surface area contributed by atoms with Gasteiger partial charge in [-0.1, -0.05) is 0 Å².